The lowest BCUT2D eigenvalue weighted by Gasteiger charge is -2.24. The van der Waals surface area contributed by atoms with Crippen LogP contribution in [-0.2, 0) is 21.7 Å². The number of imide groups is 2. The van der Waals surface area contributed by atoms with Gasteiger partial charge in [0.15, 0.2) is 5.54 Å². The fraction of sp³-hybridized carbons (Fsp3) is 0.286. The van der Waals surface area contributed by atoms with Crippen molar-refractivity contribution in [1.29, 1.82) is 0 Å². The molecule has 7 amide bonds. The third-order valence-electron chi connectivity index (χ3n) is 5.60. The molecule has 4 rings (SSSR count). The molecule has 3 heterocycles. The second kappa shape index (κ2) is 8.54. The molecule has 1 unspecified atom stereocenters. The van der Waals surface area contributed by atoms with Gasteiger partial charge < -0.3 is 20.3 Å². The smallest absolute Gasteiger partial charge is 0.322 e. The van der Waals surface area contributed by atoms with Crippen molar-refractivity contribution in [2.24, 2.45) is 0 Å². The van der Waals surface area contributed by atoms with E-state index in [4.69, 9.17) is 4.74 Å². The molecule has 1 aromatic heterocycles. The molecule has 1 saturated heterocycles. The Morgan fingerprint density at radius 1 is 1.30 bits per heavy atom. The third-order valence-corrected chi connectivity index (χ3v) is 7.02. The largest absolute Gasteiger partial charge is 0.497 e. The van der Waals surface area contributed by atoms with E-state index < -0.39 is 29.6 Å². The van der Waals surface area contributed by atoms with Crippen LogP contribution >= 0.6 is 11.3 Å². The summed E-state index contributed by atoms with van der Waals surface area (Å²) in [6.07, 6.45) is 0.259. The number of methoxy groups -OCH3 is 1. The number of hydrogen-bond donors (Lipinski definition) is 4. The molecule has 0 saturated carbocycles. The molecule has 33 heavy (non-hydrogen) atoms. The van der Waals surface area contributed by atoms with Crippen LogP contribution in [0.15, 0.2) is 30.3 Å². The molecular weight excluding hydrogens is 450 g/mol. The first-order valence-corrected chi connectivity index (χ1v) is 10.8. The van der Waals surface area contributed by atoms with Crippen LogP contribution < -0.4 is 26.0 Å². The zero-order valence-electron chi connectivity index (χ0n) is 17.8. The SMILES string of the molecule is COc1ccc2c(c1)C(=O)N(C[C@H](NC(=O)NC=O)c1ccc(C3(C)NC(=O)NC3=O)s1)C2. The van der Waals surface area contributed by atoms with E-state index in [1.807, 2.05) is 11.4 Å². The van der Waals surface area contributed by atoms with Crippen LogP contribution in [0.2, 0.25) is 0 Å². The van der Waals surface area contributed by atoms with Crippen LogP contribution in [0.3, 0.4) is 0 Å². The maximum absolute atomic E-state index is 13.0. The molecule has 11 nitrogen and oxygen atoms in total. The van der Waals surface area contributed by atoms with E-state index in [-0.39, 0.29) is 18.9 Å². The minimum absolute atomic E-state index is 0.122. The van der Waals surface area contributed by atoms with E-state index >= 15 is 0 Å². The van der Waals surface area contributed by atoms with Gasteiger partial charge >= 0.3 is 12.1 Å². The molecule has 1 fully saturated rings. The van der Waals surface area contributed by atoms with E-state index in [9.17, 15) is 24.0 Å². The lowest BCUT2D eigenvalue weighted by molar-refractivity contribution is -0.123. The van der Waals surface area contributed by atoms with Crippen molar-refractivity contribution in [3.8, 4) is 5.75 Å². The topological polar surface area (TPSA) is 146 Å². The molecule has 0 radical (unpaired) electrons. The quantitative estimate of drug-likeness (QED) is 0.350. The second-order valence-corrected chi connectivity index (χ2v) is 8.85. The highest BCUT2D eigenvalue weighted by atomic mass is 32.1. The highest BCUT2D eigenvalue weighted by molar-refractivity contribution is 7.12. The number of fused-ring (bicyclic) bond motifs is 1. The molecule has 2 aliphatic rings. The Balaban J connectivity index is 1.59. The molecule has 172 valence electrons. The summed E-state index contributed by atoms with van der Waals surface area (Å²) in [6.45, 7) is 2.05. The average molecular weight is 471 g/mol. The number of carbonyl (C=O) groups is 5. The van der Waals surface area contributed by atoms with Gasteiger partial charge in [0.25, 0.3) is 11.8 Å². The van der Waals surface area contributed by atoms with Crippen LogP contribution in [0.4, 0.5) is 9.59 Å². The van der Waals surface area contributed by atoms with Crippen LogP contribution in [0.5, 0.6) is 5.75 Å². The summed E-state index contributed by atoms with van der Waals surface area (Å²) in [6, 6.07) is 6.67. The summed E-state index contributed by atoms with van der Waals surface area (Å²) in [5, 5.41) is 9.53. The van der Waals surface area contributed by atoms with Crippen LogP contribution in [0, 0.1) is 0 Å². The Bertz CT molecular complexity index is 1160. The number of thiophene rings is 1. The summed E-state index contributed by atoms with van der Waals surface area (Å²) < 4.78 is 5.20. The number of ether oxygens (including phenoxy) is 1. The predicted octanol–water partition coefficient (Wildman–Crippen LogP) is 0.964. The summed E-state index contributed by atoms with van der Waals surface area (Å²) in [4.78, 5) is 62.5. The molecule has 2 aliphatic heterocycles. The van der Waals surface area contributed by atoms with Gasteiger partial charge in [-0.3, -0.25) is 25.0 Å². The van der Waals surface area contributed by atoms with Crippen LogP contribution in [-0.4, -0.2) is 48.8 Å². The number of carbonyl (C=O) groups excluding carboxylic acids is 5. The molecule has 1 aromatic carbocycles. The van der Waals surface area contributed by atoms with Crippen molar-refractivity contribution < 1.29 is 28.7 Å². The Labute approximate surface area is 192 Å². The van der Waals surface area contributed by atoms with Crippen molar-refractivity contribution in [2.75, 3.05) is 13.7 Å². The van der Waals surface area contributed by atoms with Crippen molar-refractivity contribution in [3.05, 3.63) is 51.2 Å². The molecule has 2 atom stereocenters. The van der Waals surface area contributed by atoms with E-state index in [1.165, 1.54) is 18.4 Å². The second-order valence-electron chi connectivity index (χ2n) is 7.73. The molecule has 4 N–H and O–H groups in total. The number of nitrogens with zero attached hydrogens (tertiary/aromatic N) is 1. The van der Waals surface area contributed by atoms with Crippen molar-refractivity contribution in [1.82, 2.24) is 26.2 Å². The number of urea groups is 2. The first-order chi connectivity index (χ1) is 15.7. The number of amides is 7. The Morgan fingerprint density at radius 3 is 2.76 bits per heavy atom. The van der Waals surface area contributed by atoms with Crippen molar-refractivity contribution in [3.63, 3.8) is 0 Å². The Morgan fingerprint density at radius 2 is 2.09 bits per heavy atom. The van der Waals surface area contributed by atoms with Crippen LogP contribution in [0.1, 0.15) is 38.6 Å². The third kappa shape index (κ3) is 4.12. The van der Waals surface area contributed by atoms with Crippen LogP contribution in [0.25, 0.3) is 0 Å². The molecule has 12 heteroatoms. The summed E-state index contributed by atoms with van der Waals surface area (Å²) in [7, 11) is 1.52. The molecular formula is C21H21N5O6S. The van der Waals surface area contributed by atoms with Gasteiger partial charge in [0.05, 0.1) is 13.2 Å². The lowest BCUT2D eigenvalue weighted by Crippen LogP contribution is -2.42. The maximum atomic E-state index is 13.0. The monoisotopic (exact) mass is 471 g/mol. The van der Waals surface area contributed by atoms with Crippen molar-refractivity contribution >= 4 is 41.6 Å². The molecule has 0 aliphatic carbocycles. The number of benzene rings is 1. The minimum atomic E-state index is -1.24. The fourth-order valence-electron chi connectivity index (χ4n) is 3.82. The van der Waals surface area contributed by atoms with Gasteiger partial charge in [-0.1, -0.05) is 6.07 Å². The number of hydrogen-bond acceptors (Lipinski definition) is 7. The summed E-state index contributed by atoms with van der Waals surface area (Å²) >= 11 is 1.21. The van der Waals surface area contributed by atoms with Gasteiger partial charge in [0.2, 0.25) is 6.41 Å². The van der Waals surface area contributed by atoms with Gasteiger partial charge in [-0.15, -0.1) is 11.3 Å². The van der Waals surface area contributed by atoms with Crippen molar-refractivity contribution in [2.45, 2.75) is 25.0 Å². The molecule has 0 spiro atoms. The average Bonchev–Trinajstić information content (AvgIpc) is 3.45. The number of rotatable bonds is 7. The molecule has 0 bridgehead atoms. The van der Waals surface area contributed by atoms with Gasteiger partial charge in [0, 0.05) is 28.4 Å². The number of nitrogens with one attached hydrogen (secondary N) is 4. The van der Waals surface area contributed by atoms with E-state index in [0.717, 1.165) is 5.56 Å². The first-order valence-electron chi connectivity index (χ1n) is 9.96. The van der Waals surface area contributed by atoms with E-state index in [1.54, 1.807) is 36.1 Å². The van der Waals surface area contributed by atoms with Gasteiger partial charge in [-0.05, 0) is 36.8 Å². The lowest BCUT2D eigenvalue weighted by atomic mass is 10.0. The Kier molecular flexibility index (Phi) is 5.77. The summed E-state index contributed by atoms with van der Waals surface area (Å²) in [5.41, 5.74) is 0.114. The zero-order valence-corrected chi connectivity index (χ0v) is 18.6. The fourth-order valence-corrected chi connectivity index (χ4v) is 4.97. The van der Waals surface area contributed by atoms with Gasteiger partial charge in [0.1, 0.15) is 5.75 Å². The van der Waals surface area contributed by atoms with Gasteiger partial charge in [-0.25, -0.2) is 9.59 Å². The predicted molar refractivity (Wildman–Crippen MR) is 117 cm³/mol. The maximum Gasteiger partial charge on any atom is 0.322 e. The minimum Gasteiger partial charge on any atom is -0.497 e. The van der Waals surface area contributed by atoms with E-state index in [2.05, 4.69) is 16.0 Å². The normalized spacial score (nSPS) is 20.1. The summed E-state index contributed by atoms with van der Waals surface area (Å²) in [5.74, 6) is -0.127. The van der Waals surface area contributed by atoms with Gasteiger partial charge in [-0.2, -0.15) is 0 Å². The standard InChI is InChI=1S/C21H21N5O6S/c1-21(18(29)24-20(31)25-21)16-6-5-15(33-16)14(23-19(30)22-10-27)9-26-8-11-3-4-12(32-2)7-13(11)17(26)28/h3-7,10,14H,8-9H2,1-2H3,(H2,22,23,27,30)(H2,24,25,29,31)/t14-,21?/m0/s1. The first kappa shape index (κ1) is 22.3. The Hall–Kier alpha value is -3.93. The highest BCUT2D eigenvalue weighted by Crippen LogP contribution is 2.35. The zero-order chi connectivity index (χ0) is 23.8. The molecule has 2 aromatic rings. The van der Waals surface area contributed by atoms with E-state index in [0.29, 0.717) is 27.6 Å². The highest BCUT2D eigenvalue weighted by Gasteiger charge is 2.45.